The van der Waals surface area contributed by atoms with Crippen molar-refractivity contribution in [3.8, 4) is 16.9 Å². The minimum atomic E-state index is -1.22. The molecule has 6 rings (SSSR count). The van der Waals surface area contributed by atoms with E-state index >= 15 is 0 Å². The molecule has 1 aliphatic rings. The van der Waals surface area contributed by atoms with Crippen LogP contribution in [0, 0.1) is 0 Å². The molecule has 0 radical (unpaired) electrons. The molecule has 38 heavy (non-hydrogen) atoms. The van der Waals surface area contributed by atoms with Gasteiger partial charge in [0.15, 0.2) is 0 Å². The molecule has 1 aliphatic carbocycles. The van der Waals surface area contributed by atoms with Crippen molar-refractivity contribution in [1.29, 1.82) is 0 Å². The van der Waals surface area contributed by atoms with Crippen LogP contribution in [0.1, 0.15) is 22.6 Å². The number of carbonyl (C=O) groups is 2. The normalized spacial score (nSPS) is 13.2. The van der Waals surface area contributed by atoms with E-state index in [4.69, 9.17) is 4.74 Å². The second kappa shape index (κ2) is 9.56. The topological polar surface area (TPSA) is 95.9 Å². The van der Waals surface area contributed by atoms with Crippen LogP contribution in [0.3, 0.4) is 0 Å². The van der Waals surface area contributed by atoms with E-state index in [9.17, 15) is 19.8 Å². The Morgan fingerprint density at radius 1 is 0.737 bits per heavy atom. The van der Waals surface area contributed by atoms with Gasteiger partial charge in [-0.15, -0.1) is 0 Å². The molecule has 6 nitrogen and oxygen atoms in total. The summed E-state index contributed by atoms with van der Waals surface area (Å²) in [6.07, 6.45) is -0.757. The summed E-state index contributed by atoms with van der Waals surface area (Å²) < 4.78 is 5.60. The molecule has 0 fully saturated rings. The first-order valence-corrected chi connectivity index (χ1v) is 12.5. The lowest BCUT2D eigenvalue weighted by Gasteiger charge is -2.19. The first-order chi connectivity index (χ1) is 18.5. The predicted molar refractivity (Wildman–Crippen MR) is 146 cm³/mol. The van der Waals surface area contributed by atoms with Crippen molar-refractivity contribution in [2.45, 2.75) is 18.4 Å². The lowest BCUT2D eigenvalue weighted by Crippen LogP contribution is -2.43. The molecule has 0 saturated carbocycles. The summed E-state index contributed by atoms with van der Waals surface area (Å²) in [6, 6.07) is 29.5. The third-order valence-corrected chi connectivity index (χ3v) is 7.36. The fraction of sp³-hybridized carbons (Fsp3) is 0.125. The van der Waals surface area contributed by atoms with Gasteiger partial charge in [0, 0.05) is 23.1 Å². The van der Waals surface area contributed by atoms with Crippen molar-refractivity contribution < 1.29 is 24.5 Å². The van der Waals surface area contributed by atoms with E-state index in [-0.39, 0.29) is 24.7 Å². The third-order valence-electron chi connectivity index (χ3n) is 7.36. The van der Waals surface area contributed by atoms with E-state index in [0.717, 1.165) is 38.6 Å². The van der Waals surface area contributed by atoms with Crippen LogP contribution in [0.2, 0.25) is 0 Å². The van der Waals surface area contributed by atoms with Crippen LogP contribution in [0.5, 0.6) is 5.75 Å². The zero-order chi connectivity index (χ0) is 26.2. The van der Waals surface area contributed by atoms with Gasteiger partial charge >= 0.3 is 12.1 Å². The molecule has 3 N–H and O–H groups in total. The molecule has 5 aromatic carbocycles. The maximum Gasteiger partial charge on any atom is 0.407 e. The monoisotopic (exact) mass is 503 g/mol. The Morgan fingerprint density at radius 2 is 1.21 bits per heavy atom. The minimum absolute atomic E-state index is 0.0286. The van der Waals surface area contributed by atoms with Crippen LogP contribution in [-0.2, 0) is 16.0 Å². The average Bonchev–Trinajstić information content (AvgIpc) is 3.27. The Hall–Kier alpha value is -4.84. The number of carboxylic acid groups (broad SMARTS) is 1. The fourth-order valence-electron chi connectivity index (χ4n) is 5.60. The molecule has 5 aromatic rings. The molecule has 0 heterocycles. The van der Waals surface area contributed by atoms with E-state index in [1.807, 2.05) is 72.8 Å². The maximum atomic E-state index is 12.9. The highest BCUT2D eigenvalue weighted by molar-refractivity contribution is 6.08. The van der Waals surface area contributed by atoms with Crippen molar-refractivity contribution >= 4 is 33.6 Å². The van der Waals surface area contributed by atoms with E-state index < -0.39 is 18.1 Å². The number of aromatic hydroxyl groups is 1. The number of ether oxygens (including phenoxy) is 1. The molecule has 1 atom stereocenters. The predicted octanol–water partition coefficient (Wildman–Crippen LogP) is 6.23. The van der Waals surface area contributed by atoms with Crippen molar-refractivity contribution in [1.82, 2.24) is 5.32 Å². The van der Waals surface area contributed by atoms with Crippen molar-refractivity contribution in [2.75, 3.05) is 6.61 Å². The van der Waals surface area contributed by atoms with Gasteiger partial charge in [0.25, 0.3) is 0 Å². The van der Waals surface area contributed by atoms with Gasteiger partial charge < -0.3 is 20.3 Å². The van der Waals surface area contributed by atoms with Gasteiger partial charge in [0.05, 0.1) is 0 Å². The molecule has 188 valence electrons. The molecule has 6 heteroatoms. The highest BCUT2D eigenvalue weighted by Gasteiger charge is 2.30. The van der Waals surface area contributed by atoms with E-state index in [2.05, 4.69) is 17.4 Å². The number of alkyl carbamates (subject to hydrolysis) is 1. The molecule has 0 aromatic heterocycles. The summed E-state index contributed by atoms with van der Waals surface area (Å²) in [6.45, 7) is 0.0945. The van der Waals surface area contributed by atoms with Crippen LogP contribution in [-0.4, -0.2) is 34.9 Å². The lowest BCUT2D eigenvalue weighted by atomic mass is 9.92. The van der Waals surface area contributed by atoms with Gasteiger partial charge in [-0.25, -0.2) is 9.59 Å². The number of amides is 1. The molecule has 0 aliphatic heterocycles. The summed E-state index contributed by atoms with van der Waals surface area (Å²) in [5, 5.41) is 26.1. The number of hydrogen-bond acceptors (Lipinski definition) is 4. The zero-order valence-electron chi connectivity index (χ0n) is 20.4. The van der Waals surface area contributed by atoms with Crippen molar-refractivity contribution in [2.24, 2.45) is 0 Å². The van der Waals surface area contributed by atoms with Gasteiger partial charge in [-0.1, -0.05) is 97.1 Å². The fourth-order valence-corrected chi connectivity index (χ4v) is 5.60. The average molecular weight is 504 g/mol. The lowest BCUT2D eigenvalue weighted by molar-refractivity contribution is -0.139. The van der Waals surface area contributed by atoms with E-state index in [1.54, 1.807) is 12.1 Å². The van der Waals surface area contributed by atoms with Gasteiger partial charge in [-0.05, 0) is 38.6 Å². The van der Waals surface area contributed by atoms with Crippen LogP contribution in [0.15, 0.2) is 97.1 Å². The van der Waals surface area contributed by atoms with Crippen molar-refractivity contribution in [3.05, 3.63) is 114 Å². The van der Waals surface area contributed by atoms with Crippen molar-refractivity contribution in [3.63, 3.8) is 0 Å². The number of hydrogen-bond donors (Lipinski definition) is 3. The van der Waals surface area contributed by atoms with E-state index in [0.29, 0.717) is 10.8 Å². The largest absolute Gasteiger partial charge is 0.507 e. The highest BCUT2D eigenvalue weighted by Crippen LogP contribution is 2.44. The number of benzene rings is 5. The SMILES string of the molecule is O=C(N[C@@H](Cc1c2ccccc2c(O)c2ccccc12)C(=O)O)OCC1c2ccccc2-c2ccccc21. The summed E-state index contributed by atoms with van der Waals surface area (Å²) in [7, 11) is 0. The number of rotatable bonds is 6. The number of nitrogens with one attached hydrogen (secondary N) is 1. The number of fused-ring (bicyclic) bond motifs is 5. The zero-order valence-corrected chi connectivity index (χ0v) is 20.4. The second-order valence-electron chi connectivity index (χ2n) is 9.48. The number of aliphatic carboxylic acids is 1. The van der Waals surface area contributed by atoms with Gasteiger partial charge in [-0.3, -0.25) is 0 Å². The van der Waals surface area contributed by atoms with E-state index in [1.165, 1.54) is 0 Å². The Kier molecular flexibility index (Phi) is 5.92. The highest BCUT2D eigenvalue weighted by atomic mass is 16.5. The quantitative estimate of drug-likeness (QED) is 0.239. The number of carboxylic acids is 1. The molecular weight excluding hydrogens is 478 g/mol. The smallest absolute Gasteiger partial charge is 0.407 e. The summed E-state index contributed by atoms with van der Waals surface area (Å²) in [5.74, 6) is -1.14. The Morgan fingerprint density at radius 3 is 1.74 bits per heavy atom. The summed E-state index contributed by atoms with van der Waals surface area (Å²) in [4.78, 5) is 25.1. The maximum absolute atomic E-state index is 12.9. The molecule has 0 unspecified atom stereocenters. The summed E-state index contributed by atoms with van der Waals surface area (Å²) >= 11 is 0. The van der Waals surface area contributed by atoms with Crippen LogP contribution in [0.25, 0.3) is 32.7 Å². The van der Waals surface area contributed by atoms with Crippen LogP contribution >= 0.6 is 0 Å². The standard InChI is InChI=1S/C32H25NO5/c34-30-25-15-7-5-13-23(25)27(24-14-6-8-16-26(24)30)17-29(31(35)36)33-32(37)38-18-28-21-11-3-1-9-19(21)20-10-2-4-12-22(20)28/h1-16,28-29,34H,17-18H2,(H,33,37)(H,35,36)/t29-/m0/s1. The molecule has 0 spiro atoms. The van der Waals surface area contributed by atoms with Gasteiger partial charge in [0.2, 0.25) is 0 Å². The molecule has 0 saturated heterocycles. The Labute approximate surface area is 219 Å². The third kappa shape index (κ3) is 4.00. The Bertz CT molecular complexity index is 1610. The number of phenolic OH excluding ortho intramolecular Hbond substituents is 1. The van der Waals surface area contributed by atoms with Crippen LogP contribution in [0.4, 0.5) is 4.79 Å². The molecular formula is C32H25NO5. The minimum Gasteiger partial charge on any atom is -0.507 e. The first kappa shape index (κ1) is 23.6. The molecule has 0 bridgehead atoms. The second-order valence-corrected chi connectivity index (χ2v) is 9.48. The first-order valence-electron chi connectivity index (χ1n) is 12.5. The number of carbonyl (C=O) groups excluding carboxylic acids is 1. The molecule has 1 amide bonds. The summed E-state index contributed by atoms with van der Waals surface area (Å²) in [5.41, 5.74) is 5.13. The Balaban J connectivity index is 1.25. The number of phenols is 1. The van der Waals surface area contributed by atoms with Crippen LogP contribution < -0.4 is 5.32 Å². The van der Waals surface area contributed by atoms with Gasteiger partial charge in [0.1, 0.15) is 18.4 Å². The van der Waals surface area contributed by atoms with Gasteiger partial charge in [-0.2, -0.15) is 0 Å².